The Kier molecular flexibility index (Phi) is 6.41. The maximum absolute atomic E-state index is 13.0. The van der Waals surface area contributed by atoms with E-state index >= 15 is 0 Å². The van der Waals surface area contributed by atoms with E-state index in [0.29, 0.717) is 5.69 Å². The predicted molar refractivity (Wildman–Crippen MR) is 77.4 cm³/mol. The molecule has 106 valence electrons. The van der Waals surface area contributed by atoms with Crippen molar-refractivity contribution < 1.29 is 14.3 Å². The van der Waals surface area contributed by atoms with E-state index in [-0.39, 0.29) is 22.9 Å². The third kappa shape index (κ3) is 4.89. The van der Waals surface area contributed by atoms with E-state index in [4.69, 9.17) is 16.7 Å². The maximum atomic E-state index is 13.0. The summed E-state index contributed by atoms with van der Waals surface area (Å²) in [6.45, 7) is 1.78. The van der Waals surface area contributed by atoms with Crippen LogP contribution in [-0.4, -0.2) is 35.3 Å². The summed E-state index contributed by atoms with van der Waals surface area (Å²) in [7, 11) is 0. The summed E-state index contributed by atoms with van der Waals surface area (Å²) in [5.74, 6) is -0.538. The Hall–Kier alpha value is -0.980. The molecule has 3 N–H and O–H groups in total. The molecule has 0 radical (unpaired) electrons. The minimum absolute atomic E-state index is 0.0228. The van der Waals surface area contributed by atoms with Crippen LogP contribution < -0.4 is 10.6 Å². The fraction of sp³-hybridized carbons (Fsp3) is 0.417. The second-order valence-electron chi connectivity index (χ2n) is 3.97. The lowest BCUT2D eigenvalue weighted by atomic mass is 10.2. The summed E-state index contributed by atoms with van der Waals surface area (Å²) in [5.41, 5.74) is 0.404. The van der Waals surface area contributed by atoms with E-state index in [1.165, 1.54) is 30.0 Å². The molecule has 2 unspecified atom stereocenters. The van der Waals surface area contributed by atoms with Crippen LogP contribution in [0.4, 0.5) is 14.9 Å². The van der Waals surface area contributed by atoms with Crippen LogP contribution >= 0.6 is 23.4 Å². The number of carbonyl (C=O) groups is 1. The number of hydrogen-bond acceptors (Lipinski definition) is 3. The number of nitrogens with one attached hydrogen (secondary N) is 2. The van der Waals surface area contributed by atoms with Crippen LogP contribution in [-0.2, 0) is 0 Å². The lowest BCUT2D eigenvalue weighted by Crippen LogP contribution is -2.43. The molecule has 0 bridgehead atoms. The number of rotatable bonds is 5. The molecule has 2 amide bonds. The molecule has 19 heavy (non-hydrogen) atoms. The van der Waals surface area contributed by atoms with Gasteiger partial charge in [0.2, 0.25) is 0 Å². The van der Waals surface area contributed by atoms with Gasteiger partial charge in [0.05, 0.1) is 11.6 Å². The zero-order valence-corrected chi connectivity index (χ0v) is 12.2. The Balaban J connectivity index is 2.57. The average Bonchev–Trinajstić information content (AvgIpc) is 2.35. The lowest BCUT2D eigenvalue weighted by molar-refractivity contribution is 0.243. The van der Waals surface area contributed by atoms with Crippen molar-refractivity contribution in [3.05, 3.63) is 29.0 Å². The number of thioether (sulfide) groups is 1. The summed E-state index contributed by atoms with van der Waals surface area (Å²) in [5, 5.41) is 14.2. The third-order valence-corrected chi connectivity index (χ3v) is 4.03. The van der Waals surface area contributed by atoms with E-state index in [1.54, 1.807) is 6.92 Å². The number of halogens is 2. The van der Waals surface area contributed by atoms with Gasteiger partial charge in [-0.25, -0.2) is 9.18 Å². The molecule has 0 spiro atoms. The van der Waals surface area contributed by atoms with E-state index in [0.717, 1.165) is 0 Å². The van der Waals surface area contributed by atoms with Gasteiger partial charge in [-0.15, -0.1) is 0 Å². The smallest absolute Gasteiger partial charge is 0.319 e. The highest BCUT2D eigenvalue weighted by Crippen LogP contribution is 2.19. The summed E-state index contributed by atoms with van der Waals surface area (Å²) >= 11 is 7.08. The molecule has 1 aromatic rings. The van der Waals surface area contributed by atoms with Gasteiger partial charge < -0.3 is 15.7 Å². The lowest BCUT2D eigenvalue weighted by Gasteiger charge is -2.21. The second-order valence-corrected chi connectivity index (χ2v) is 5.46. The van der Waals surface area contributed by atoms with Gasteiger partial charge in [-0.1, -0.05) is 11.6 Å². The topological polar surface area (TPSA) is 61.4 Å². The normalized spacial score (nSPS) is 13.7. The molecular formula is C12H16ClFN2O2S. The van der Waals surface area contributed by atoms with E-state index in [1.807, 2.05) is 6.26 Å². The van der Waals surface area contributed by atoms with Crippen LogP contribution in [0, 0.1) is 5.82 Å². The van der Waals surface area contributed by atoms with Crippen molar-refractivity contribution in [1.29, 1.82) is 0 Å². The molecule has 0 aliphatic heterocycles. The van der Waals surface area contributed by atoms with Crippen molar-refractivity contribution in [2.45, 2.75) is 18.2 Å². The molecule has 1 aromatic carbocycles. The quantitative estimate of drug-likeness (QED) is 0.784. The van der Waals surface area contributed by atoms with Crippen molar-refractivity contribution >= 4 is 35.1 Å². The van der Waals surface area contributed by atoms with Gasteiger partial charge in [0.25, 0.3) is 0 Å². The van der Waals surface area contributed by atoms with E-state index < -0.39 is 11.8 Å². The highest BCUT2D eigenvalue weighted by molar-refractivity contribution is 7.99. The Labute approximate surface area is 120 Å². The van der Waals surface area contributed by atoms with E-state index in [9.17, 15) is 9.18 Å². The Morgan fingerprint density at radius 2 is 2.26 bits per heavy atom. The molecule has 0 aromatic heterocycles. The van der Waals surface area contributed by atoms with Gasteiger partial charge in [-0.3, -0.25) is 0 Å². The van der Waals surface area contributed by atoms with Gasteiger partial charge in [-0.2, -0.15) is 11.8 Å². The van der Waals surface area contributed by atoms with Gasteiger partial charge in [0.1, 0.15) is 5.82 Å². The minimum atomic E-state index is -0.538. The van der Waals surface area contributed by atoms with Gasteiger partial charge in [0.15, 0.2) is 0 Å². The first-order chi connectivity index (χ1) is 8.97. The molecule has 0 aliphatic rings. The first kappa shape index (κ1) is 16.1. The zero-order valence-electron chi connectivity index (χ0n) is 10.6. The van der Waals surface area contributed by atoms with Crippen molar-refractivity contribution in [2.24, 2.45) is 0 Å². The molecule has 4 nitrogen and oxygen atoms in total. The first-order valence-electron chi connectivity index (χ1n) is 5.64. The fourth-order valence-corrected chi connectivity index (χ4v) is 2.28. The average molecular weight is 307 g/mol. The highest BCUT2D eigenvalue weighted by Gasteiger charge is 2.17. The number of urea groups is 1. The molecule has 0 saturated heterocycles. The second kappa shape index (κ2) is 7.57. The molecule has 0 saturated carbocycles. The number of anilines is 1. The van der Waals surface area contributed by atoms with Crippen LogP contribution in [0.2, 0.25) is 5.02 Å². The van der Waals surface area contributed by atoms with Crippen LogP contribution in [0.3, 0.4) is 0 Å². The Morgan fingerprint density at radius 3 is 2.79 bits per heavy atom. The van der Waals surface area contributed by atoms with Crippen LogP contribution in [0.5, 0.6) is 0 Å². The molecule has 0 aliphatic carbocycles. The number of aliphatic hydroxyl groups is 1. The summed E-state index contributed by atoms with van der Waals surface area (Å²) < 4.78 is 13.0. The van der Waals surface area contributed by atoms with Crippen molar-refractivity contribution in [1.82, 2.24) is 5.32 Å². The summed E-state index contributed by atoms with van der Waals surface area (Å²) in [4.78, 5) is 11.7. The molecule has 7 heteroatoms. The number of aliphatic hydroxyl groups excluding tert-OH is 1. The van der Waals surface area contributed by atoms with Gasteiger partial charge >= 0.3 is 6.03 Å². The minimum Gasteiger partial charge on any atom is -0.395 e. The van der Waals surface area contributed by atoms with Gasteiger partial charge in [-0.05, 0) is 31.4 Å². The fourth-order valence-electron chi connectivity index (χ4n) is 1.48. The highest BCUT2D eigenvalue weighted by atomic mass is 35.5. The van der Waals surface area contributed by atoms with E-state index in [2.05, 4.69) is 10.6 Å². The van der Waals surface area contributed by atoms with Gasteiger partial charge in [0, 0.05) is 17.0 Å². The first-order valence-corrected chi connectivity index (χ1v) is 7.30. The Morgan fingerprint density at radius 1 is 1.58 bits per heavy atom. The number of carbonyl (C=O) groups excluding carboxylic acids is 1. The monoisotopic (exact) mass is 306 g/mol. The summed E-state index contributed by atoms with van der Waals surface area (Å²) in [6, 6.07) is 3.31. The Bertz CT molecular complexity index is 444. The predicted octanol–water partition coefficient (Wildman–Crippen LogP) is 2.71. The number of amides is 2. The van der Waals surface area contributed by atoms with Crippen molar-refractivity contribution in [2.75, 3.05) is 18.2 Å². The summed E-state index contributed by atoms with van der Waals surface area (Å²) in [6.07, 6.45) is 1.86. The number of benzene rings is 1. The molecular weight excluding hydrogens is 291 g/mol. The van der Waals surface area contributed by atoms with Crippen molar-refractivity contribution in [3.63, 3.8) is 0 Å². The standard InChI is InChI=1S/C12H16ClFN2O2S/c1-7(11(6-17)19-2)15-12(18)16-8-3-4-10(14)9(13)5-8/h3-5,7,11,17H,6H2,1-2H3,(H2,15,16,18). The maximum Gasteiger partial charge on any atom is 0.319 e. The third-order valence-electron chi connectivity index (χ3n) is 2.58. The number of hydrogen-bond donors (Lipinski definition) is 3. The van der Waals surface area contributed by atoms with Crippen molar-refractivity contribution in [3.8, 4) is 0 Å². The van der Waals surface area contributed by atoms with Crippen LogP contribution in [0.25, 0.3) is 0 Å². The zero-order chi connectivity index (χ0) is 14.4. The molecule has 2 atom stereocenters. The molecule has 1 rings (SSSR count). The van der Waals surface area contributed by atoms with Crippen LogP contribution in [0.15, 0.2) is 18.2 Å². The largest absolute Gasteiger partial charge is 0.395 e. The SMILES string of the molecule is CSC(CO)C(C)NC(=O)Nc1ccc(F)c(Cl)c1. The van der Waals surface area contributed by atoms with Crippen LogP contribution in [0.1, 0.15) is 6.92 Å². The molecule has 0 fully saturated rings. The molecule has 0 heterocycles.